The lowest BCUT2D eigenvalue weighted by molar-refractivity contribution is -0.137. The minimum absolute atomic E-state index is 0.239. The molecule has 0 aliphatic heterocycles. The summed E-state index contributed by atoms with van der Waals surface area (Å²) in [7, 11) is -3.73. The topological polar surface area (TPSA) is 63.6 Å². The molecule has 1 aromatic rings. The first-order chi connectivity index (χ1) is 8.27. The fourth-order valence-electron chi connectivity index (χ4n) is 1.18. The Morgan fingerprint density at radius 1 is 1.17 bits per heavy atom. The van der Waals surface area contributed by atoms with E-state index < -0.39 is 27.3 Å². The number of rotatable bonds is 4. The molecule has 0 atom stereocenters. The van der Waals surface area contributed by atoms with E-state index in [2.05, 4.69) is 4.99 Å². The maximum Gasteiger partial charge on any atom is 0.416 e. The van der Waals surface area contributed by atoms with Crippen LogP contribution in [0.2, 0.25) is 0 Å². The van der Waals surface area contributed by atoms with Crippen molar-refractivity contribution < 1.29 is 26.4 Å². The van der Waals surface area contributed by atoms with Gasteiger partial charge < -0.3 is 0 Å². The van der Waals surface area contributed by atoms with E-state index >= 15 is 0 Å². The minimum Gasteiger partial charge on any atom is -0.224 e. The lowest BCUT2D eigenvalue weighted by atomic mass is 10.2. The molecule has 1 aromatic carbocycles. The quantitative estimate of drug-likeness (QED) is 0.623. The van der Waals surface area contributed by atoms with Crippen molar-refractivity contribution in [1.29, 1.82) is 0 Å². The summed E-state index contributed by atoms with van der Waals surface area (Å²) >= 11 is 0. The normalized spacial score (nSPS) is 11.9. The smallest absolute Gasteiger partial charge is 0.224 e. The Kier molecular flexibility index (Phi) is 4.26. The summed E-state index contributed by atoms with van der Waals surface area (Å²) in [5.41, 5.74) is -0.924. The summed E-state index contributed by atoms with van der Waals surface area (Å²) in [5, 5.41) is 0. The van der Waals surface area contributed by atoms with Gasteiger partial charge >= 0.3 is 6.18 Å². The molecule has 0 bridgehead atoms. The Hall–Kier alpha value is -1.66. The van der Waals surface area contributed by atoms with Gasteiger partial charge in [0.05, 0.1) is 22.8 Å². The Morgan fingerprint density at radius 3 is 2.17 bits per heavy atom. The van der Waals surface area contributed by atoms with Crippen molar-refractivity contribution in [2.45, 2.75) is 11.1 Å². The minimum atomic E-state index is -4.51. The SMILES string of the molecule is O=C=NCCS(=O)(=O)c1ccc(C(F)(F)F)cc1. The van der Waals surface area contributed by atoms with E-state index in [0.29, 0.717) is 12.1 Å². The zero-order valence-corrected chi connectivity index (χ0v) is 9.75. The second-order valence-corrected chi connectivity index (χ2v) is 5.42. The number of benzene rings is 1. The molecule has 0 aromatic heterocycles. The molecule has 98 valence electrons. The fourth-order valence-corrected chi connectivity index (χ4v) is 2.30. The van der Waals surface area contributed by atoms with Crippen LogP contribution in [0.4, 0.5) is 13.2 Å². The predicted octanol–water partition coefficient (Wildman–Crippen LogP) is 1.81. The van der Waals surface area contributed by atoms with Crippen LogP contribution in [0.3, 0.4) is 0 Å². The predicted molar refractivity (Wildman–Crippen MR) is 56.5 cm³/mol. The van der Waals surface area contributed by atoms with E-state index in [1.807, 2.05) is 0 Å². The van der Waals surface area contributed by atoms with Crippen molar-refractivity contribution >= 4 is 15.9 Å². The van der Waals surface area contributed by atoms with Crippen molar-refractivity contribution in [3.63, 3.8) is 0 Å². The van der Waals surface area contributed by atoms with E-state index in [0.717, 1.165) is 12.1 Å². The highest BCUT2D eigenvalue weighted by Crippen LogP contribution is 2.29. The molecule has 4 nitrogen and oxygen atoms in total. The third-order valence-corrected chi connectivity index (χ3v) is 3.79. The molecule has 0 fully saturated rings. The summed E-state index contributed by atoms with van der Waals surface area (Å²) in [6, 6.07) is 3.14. The molecule has 0 amide bonds. The molecule has 0 unspecified atom stereocenters. The first-order valence-electron chi connectivity index (χ1n) is 4.71. The largest absolute Gasteiger partial charge is 0.416 e. The highest BCUT2D eigenvalue weighted by Gasteiger charge is 2.30. The lowest BCUT2D eigenvalue weighted by Crippen LogP contribution is -2.10. The van der Waals surface area contributed by atoms with Gasteiger partial charge in [-0.3, -0.25) is 0 Å². The summed E-state index contributed by atoms with van der Waals surface area (Å²) in [6.45, 7) is -0.271. The highest BCUT2D eigenvalue weighted by atomic mass is 32.2. The highest BCUT2D eigenvalue weighted by molar-refractivity contribution is 7.91. The van der Waals surface area contributed by atoms with Crippen molar-refractivity contribution in [2.75, 3.05) is 12.3 Å². The number of alkyl halides is 3. The van der Waals surface area contributed by atoms with E-state index in [4.69, 9.17) is 0 Å². The summed E-state index contributed by atoms with van der Waals surface area (Å²) in [4.78, 5) is 12.6. The van der Waals surface area contributed by atoms with Crippen LogP contribution in [0.1, 0.15) is 5.56 Å². The van der Waals surface area contributed by atoms with Gasteiger partial charge in [-0.15, -0.1) is 0 Å². The molecule has 0 N–H and O–H groups in total. The third kappa shape index (κ3) is 3.68. The number of isocyanates is 1. The van der Waals surface area contributed by atoms with Gasteiger partial charge in [-0.2, -0.15) is 13.2 Å². The first-order valence-corrected chi connectivity index (χ1v) is 6.36. The van der Waals surface area contributed by atoms with Gasteiger partial charge in [0.2, 0.25) is 6.08 Å². The zero-order valence-electron chi connectivity index (χ0n) is 8.94. The Labute approximate surface area is 101 Å². The third-order valence-electron chi connectivity index (χ3n) is 2.08. The molecule has 8 heteroatoms. The van der Waals surface area contributed by atoms with Crippen LogP contribution in [0, 0.1) is 0 Å². The van der Waals surface area contributed by atoms with Crippen LogP contribution in [-0.2, 0) is 20.8 Å². The molecular formula is C10H8F3NO3S. The van der Waals surface area contributed by atoms with Gasteiger partial charge in [0.1, 0.15) is 0 Å². The number of halogens is 3. The van der Waals surface area contributed by atoms with Crippen LogP contribution in [0.5, 0.6) is 0 Å². The van der Waals surface area contributed by atoms with Crippen LogP contribution in [-0.4, -0.2) is 26.8 Å². The maximum absolute atomic E-state index is 12.3. The van der Waals surface area contributed by atoms with Gasteiger partial charge in [0.25, 0.3) is 0 Å². The van der Waals surface area contributed by atoms with E-state index in [1.165, 1.54) is 6.08 Å². The van der Waals surface area contributed by atoms with Crippen LogP contribution in [0.15, 0.2) is 34.2 Å². The number of sulfone groups is 1. The summed E-state index contributed by atoms with van der Waals surface area (Å²) < 4.78 is 60.0. The standard InChI is InChI=1S/C10H8F3NO3S/c11-10(12,13)8-1-3-9(4-2-8)18(16,17)6-5-14-7-15/h1-4H,5-6H2. The van der Waals surface area contributed by atoms with E-state index in [-0.39, 0.29) is 11.4 Å². The van der Waals surface area contributed by atoms with Crippen molar-refractivity contribution in [3.05, 3.63) is 29.8 Å². The first kappa shape index (κ1) is 14.4. The van der Waals surface area contributed by atoms with Gasteiger partial charge in [-0.1, -0.05) is 0 Å². The molecule has 0 heterocycles. The second-order valence-electron chi connectivity index (χ2n) is 3.31. The Bertz CT molecular complexity index is 557. The van der Waals surface area contributed by atoms with Crippen LogP contribution >= 0.6 is 0 Å². The maximum atomic E-state index is 12.3. The molecule has 0 radical (unpaired) electrons. The number of hydrogen-bond donors (Lipinski definition) is 0. The fraction of sp³-hybridized carbons (Fsp3) is 0.300. The molecule has 0 saturated heterocycles. The summed E-state index contributed by atoms with van der Waals surface area (Å²) in [5.74, 6) is -0.451. The number of aliphatic imine (C=N–C) groups is 1. The summed E-state index contributed by atoms with van der Waals surface area (Å²) in [6.07, 6.45) is -3.33. The number of nitrogens with zero attached hydrogens (tertiary/aromatic N) is 1. The molecular weight excluding hydrogens is 271 g/mol. The van der Waals surface area contributed by atoms with Gasteiger partial charge in [0.15, 0.2) is 9.84 Å². The molecule has 0 aliphatic carbocycles. The molecule has 18 heavy (non-hydrogen) atoms. The van der Waals surface area contributed by atoms with E-state index in [9.17, 15) is 26.4 Å². The van der Waals surface area contributed by atoms with E-state index in [1.54, 1.807) is 0 Å². The molecule has 0 aliphatic rings. The van der Waals surface area contributed by atoms with Crippen molar-refractivity contribution in [1.82, 2.24) is 0 Å². The van der Waals surface area contributed by atoms with Crippen LogP contribution < -0.4 is 0 Å². The number of hydrogen-bond acceptors (Lipinski definition) is 4. The van der Waals surface area contributed by atoms with Gasteiger partial charge in [0, 0.05) is 0 Å². The molecule has 1 rings (SSSR count). The van der Waals surface area contributed by atoms with Crippen molar-refractivity contribution in [2.24, 2.45) is 4.99 Å². The Balaban J connectivity index is 2.94. The monoisotopic (exact) mass is 279 g/mol. The average Bonchev–Trinajstić information content (AvgIpc) is 2.28. The van der Waals surface area contributed by atoms with Gasteiger partial charge in [-0.05, 0) is 24.3 Å². The van der Waals surface area contributed by atoms with Crippen LogP contribution in [0.25, 0.3) is 0 Å². The number of carbonyl (C=O) groups excluding carboxylic acids is 1. The molecule has 0 saturated carbocycles. The molecule has 0 spiro atoms. The zero-order chi connectivity index (χ0) is 13.8. The van der Waals surface area contributed by atoms with Gasteiger partial charge in [-0.25, -0.2) is 18.2 Å². The van der Waals surface area contributed by atoms with Crippen molar-refractivity contribution in [3.8, 4) is 0 Å². The second kappa shape index (κ2) is 5.32. The lowest BCUT2D eigenvalue weighted by Gasteiger charge is -2.07. The average molecular weight is 279 g/mol. The Morgan fingerprint density at radius 2 is 1.72 bits per heavy atom.